The molecule has 1 saturated heterocycles. The Hall–Kier alpha value is -2.33. The molecule has 3 aliphatic heterocycles. The quantitative estimate of drug-likeness (QED) is 0.447. The Kier molecular flexibility index (Phi) is 7.23. The summed E-state index contributed by atoms with van der Waals surface area (Å²) in [4.78, 5) is 15.6. The number of rotatable bonds is 0. The van der Waals surface area contributed by atoms with Gasteiger partial charge in [0.1, 0.15) is 5.75 Å². The third kappa shape index (κ3) is 5.31. The number of ether oxygens (including phenoxy) is 2. The number of aryl methyl sites for hydroxylation is 1. The molecule has 2 aromatic rings. The van der Waals surface area contributed by atoms with Crippen molar-refractivity contribution in [1.29, 1.82) is 0 Å². The highest BCUT2D eigenvalue weighted by atomic mass is 35.5. The number of benzene rings is 2. The number of nitrogens with zero attached hydrogens (tertiary/aromatic N) is 1. The number of fused-ring (bicyclic) bond motifs is 7. The highest BCUT2D eigenvalue weighted by Crippen LogP contribution is 2.48. The predicted octanol–water partition coefficient (Wildman–Crippen LogP) is 4.60. The molecule has 2 aliphatic carbocycles. The highest BCUT2D eigenvalue weighted by molar-refractivity contribution is 7.90. The topological polar surface area (TPSA) is 105 Å². The Morgan fingerprint density at radius 3 is 2.79 bits per heavy atom. The SMILES string of the molecule is O=C1NS(=O)(=O)CCC[C@]2(O)CCO[C@H](C2)[C@@H]2CC[C@H]2CN2C[C@@]3(CCCc4cc(Cl)ccc43)COc3ccc1cc32. The molecule has 1 spiro atoms. The van der Waals surface area contributed by atoms with Gasteiger partial charge < -0.3 is 19.5 Å². The largest absolute Gasteiger partial charge is 0.490 e. The number of halogens is 1. The van der Waals surface area contributed by atoms with Crippen LogP contribution in [0.2, 0.25) is 5.02 Å². The van der Waals surface area contributed by atoms with E-state index in [2.05, 4.69) is 21.8 Å². The number of carbonyl (C=O) groups is 1. The average Bonchev–Trinajstić information content (AvgIpc) is 3.07. The van der Waals surface area contributed by atoms with Crippen LogP contribution in [0.4, 0.5) is 5.69 Å². The molecular weight excluding hydrogens is 576 g/mol. The smallest absolute Gasteiger partial charge is 0.264 e. The van der Waals surface area contributed by atoms with E-state index >= 15 is 0 Å². The second-order valence-electron chi connectivity index (χ2n) is 13.2. The van der Waals surface area contributed by atoms with Crippen molar-refractivity contribution in [2.75, 3.05) is 37.0 Å². The van der Waals surface area contributed by atoms with Crippen LogP contribution in [0.1, 0.15) is 72.9 Å². The van der Waals surface area contributed by atoms with Crippen LogP contribution in [0.25, 0.3) is 0 Å². The monoisotopic (exact) mass is 614 g/mol. The summed E-state index contributed by atoms with van der Waals surface area (Å²) in [6.07, 6.45) is 6.73. The number of aliphatic hydroxyl groups is 1. The molecule has 42 heavy (non-hydrogen) atoms. The first kappa shape index (κ1) is 28.4. The van der Waals surface area contributed by atoms with Crippen LogP contribution in [0.5, 0.6) is 5.75 Å². The Balaban J connectivity index is 1.29. The van der Waals surface area contributed by atoms with Crippen LogP contribution in [-0.2, 0) is 26.6 Å². The first-order chi connectivity index (χ1) is 20.1. The third-order valence-electron chi connectivity index (χ3n) is 10.5. The number of hydrogen-bond acceptors (Lipinski definition) is 7. The fourth-order valence-electron chi connectivity index (χ4n) is 8.13. The molecule has 226 valence electrons. The standard InChI is InChI=1S/C32H39ClN2O6S/c33-24-6-8-26-21(15-24)3-1-10-31(26)19-35-18-23-4-7-25(23)29-17-32(37,12-13-40-29)11-2-14-42(38,39)34-30(36)22-5-9-28(41-20-31)27(35)16-22/h5-6,8-9,15-16,23,25,29,37H,1-4,7,10-14,17-20H2,(H,34,36)/t23-,25+,29+,31-,32-/m0/s1. The molecule has 8 nitrogen and oxygen atoms in total. The van der Waals surface area contributed by atoms with Gasteiger partial charge in [-0.2, -0.15) is 0 Å². The summed E-state index contributed by atoms with van der Waals surface area (Å²) in [6, 6.07) is 11.4. The van der Waals surface area contributed by atoms with Gasteiger partial charge in [0.2, 0.25) is 10.0 Å². The van der Waals surface area contributed by atoms with Crippen LogP contribution in [0, 0.1) is 11.8 Å². The second kappa shape index (κ2) is 10.7. The van der Waals surface area contributed by atoms with Crippen molar-refractivity contribution in [2.24, 2.45) is 11.8 Å². The van der Waals surface area contributed by atoms with Crippen molar-refractivity contribution < 1.29 is 27.8 Å². The highest BCUT2D eigenvalue weighted by Gasteiger charge is 2.47. The number of carbonyl (C=O) groups excluding carboxylic acids is 1. The van der Waals surface area contributed by atoms with E-state index in [1.807, 2.05) is 6.07 Å². The van der Waals surface area contributed by atoms with Crippen LogP contribution in [0.15, 0.2) is 36.4 Å². The molecule has 4 bridgehead atoms. The summed E-state index contributed by atoms with van der Waals surface area (Å²) in [5, 5.41) is 12.2. The summed E-state index contributed by atoms with van der Waals surface area (Å²) in [5.41, 5.74) is 2.44. The number of nitrogens with one attached hydrogen (secondary N) is 1. The molecule has 10 heteroatoms. The van der Waals surface area contributed by atoms with Crippen LogP contribution < -0.4 is 14.4 Å². The normalized spacial score (nSPS) is 34.2. The lowest BCUT2D eigenvalue weighted by atomic mass is 9.66. The lowest BCUT2D eigenvalue weighted by Gasteiger charge is -2.49. The van der Waals surface area contributed by atoms with E-state index in [0.29, 0.717) is 50.1 Å². The van der Waals surface area contributed by atoms with Gasteiger partial charge in [-0.25, -0.2) is 13.1 Å². The summed E-state index contributed by atoms with van der Waals surface area (Å²) < 4.78 is 40.8. The van der Waals surface area contributed by atoms with Gasteiger partial charge in [0.25, 0.3) is 5.91 Å². The van der Waals surface area contributed by atoms with E-state index in [1.54, 1.807) is 18.2 Å². The van der Waals surface area contributed by atoms with Crippen molar-refractivity contribution in [3.05, 3.63) is 58.1 Å². The molecule has 2 N–H and O–H groups in total. The average molecular weight is 615 g/mol. The Morgan fingerprint density at radius 1 is 1.07 bits per heavy atom. The second-order valence-corrected chi connectivity index (χ2v) is 15.5. The van der Waals surface area contributed by atoms with Crippen molar-refractivity contribution in [3.8, 4) is 5.75 Å². The van der Waals surface area contributed by atoms with Gasteiger partial charge in [-0.05, 0) is 105 Å². The van der Waals surface area contributed by atoms with Crippen LogP contribution in [-0.4, -0.2) is 63.2 Å². The minimum Gasteiger partial charge on any atom is -0.490 e. The molecule has 5 atom stereocenters. The summed E-state index contributed by atoms with van der Waals surface area (Å²) in [6.45, 7) is 2.47. The lowest BCUT2D eigenvalue weighted by molar-refractivity contribution is -0.144. The first-order valence-electron chi connectivity index (χ1n) is 15.3. The van der Waals surface area contributed by atoms with E-state index in [-0.39, 0.29) is 29.3 Å². The molecule has 1 saturated carbocycles. The van der Waals surface area contributed by atoms with Crippen LogP contribution in [0.3, 0.4) is 0 Å². The maximum absolute atomic E-state index is 13.2. The van der Waals surface area contributed by atoms with Gasteiger partial charge in [0.05, 0.1) is 29.8 Å². The Bertz CT molecular complexity index is 1500. The first-order valence-corrected chi connectivity index (χ1v) is 17.3. The Labute approximate surface area is 252 Å². The van der Waals surface area contributed by atoms with E-state index in [9.17, 15) is 18.3 Å². The number of sulfonamides is 1. The minimum atomic E-state index is -3.87. The van der Waals surface area contributed by atoms with Gasteiger partial charge in [0.15, 0.2) is 0 Å². The minimum absolute atomic E-state index is 0.0488. The number of amides is 1. The van der Waals surface area contributed by atoms with Gasteiger partial charge in [-0.1, -0.05) is 17.7 Å². The molecule has 1 amide bonds. The Morgan fingerprint density at radius 2 is 1.95 bits per heavy atom. The van der Waals surface area contributed by atoms with Gasteiger partial charge in [0, 0.05) is 42.1 Å². The fraction of sp³-hybridized carbons (Fsp3) is 0.594. The summed E-state index contributed by atoms with van der Waals surface area (Å²) >= 11 is 6.40. The molecule has 2 aromatic carbocycles. The van der Waals surface area contributed by atoms with Gasteiger partial charge in [-0.3, -0.25) is 4.79 Å². The van der Waals surface area contributed by atoms with Crippen molar-refractivity contribution in [3.63, 3.8) is 0 Å². The lowest BCUT2D eigenvalue weighted by Crippen LogP contribution is -2.52. The summed E-state index contributed by atoms with van der Waals surface area (Å²) in [5.74, 6) is 0.533. The molecule has 0 aromatic heterocycles. The summed E-state index contributed by atoms with van der Waals surface area (Å²) in [7, 11) is -3.87. The fourth-order valence-corrected chi connectivity index (χ4v) is 9.35. The van der Waals surface area contributed by atoms with E-state index in [0.717, 1.165) is 55.9 Å². The van der Waals surface area contributed by atoms with Gasteiger partial charge in [-0.15, -0.1) is 0 Å². The number of anilines is 1. The van der Waals surface area contributed by atoms with Crippen molar-refractivity contribution in [1.82, 2.24) is 4.72 Å². The molecule has 2 fully saturated rings. The van der Waals surface area contributed by atoms with Crippen molar-refractivity contribution >= 4 is 33.2 Å². The third-order valence-corrected chi connectivity index (χ3v) is 12.0. The van der Waals surface area contributed by atoms with Gasteiger partial charge >= 0.3 is 0 Å². The maximum Gasteiger partial charge on any atom is 0.264 e. The van der Waals surface area contributed by atoms with E-state index in [1.165, 1.54) is 11.1 Å². The number of hydrogen-bond donors (Lipinski definition) is 2. The zero-order valence-corrected chi connectivity index (χ0v) is 25.4. The zero-order chi connectivity index (χ0) is 29.1. The molecule has 3 heterocycles. The molecule has 0 radical (unpaired) electrons. The molecule has 7 rings (SSSR count). The molecule has 0 unspecified atom stereocenters. The predicted molar refractivity (Wildman–Crippen MR) is 161 cm³/mol. The van der Waals surface area contributed by atoms with E-state index < -0.39 is 21.5 Å². The molecular formula is C32H39ClN2O6S. The maximum atomic E-state index is 13.2. The zero-order valence-electron chi connectivity index (χ0n) is 23.8. The molecule has 5 aliphatic rings. The van der Waals surface area contributed by atoms with E-state index in [4.69, 9.17) is 21.1 Å². The van der Waals surface area contributed by atoms with Crippen molar-refractivity contribution in [2.45, 2.75) is 74.9 Å². The van der Waals surface area contributed by atoms with Crippen LogP contribution >= 0.6 is 11.6 Å².